The van der Waals surface area contributed by atoms with Crippen molar-refractivity contribution in [2.24, 2.45) is 0 Å². The van der Waals surface area contributed by atoms with Crippen molar-refractivity contribution in [1.29, 1.82) is 0 Å². The van der Waals surface area contributed by atoms with Gasteiger partial charge in [0.2, 0.25) is 0 Å². The Kier molecular flexibility index (Phi) is 10.8. The molecule has 0 saturated heterocycles. The van der Waals surface area contributed by atoms with Gasteiger partial charge in [0.15, 0.2) is 17.4 Å². The summed E-state index contributed by atoms with van der Waals surface area (Å²) >= 11 is 0. The molecule has 0 saturated carbocycles. The molecule has 66 heavy (non-hydrogen) atoms. The van der Waals surface area contributed by atoms with E-state index in [1.807, 2.05) is 6.20 Å². The van der Waals surface area contributed by atoms with E-state index in [0.29, 0.717) is 0 Å². The normalized spacial score (nSPS) is 11.2. The molecule has 0 aliphatic carbocycles. The van der Waals surface area contributed by atoms with Crippen LogP contribution in [0.25, 0.3) is 83.4 Å². The maximum Gasteiger partial charge on any atom is 0.168 e. The summed E-state index contributed by atoms with van der Waals surface area (Å²) in [6.07, 6.45) is 4.07. The van der Waals surface area contributed by atoms with E-state index in [2.05, 4.69) is 268 Å². The molecular weight excluding hydrogens is 986 g/mol. The molecular formula is C60H40N5Pt-. The van der Waals surface area contributed by atoms with Crippen LogP contribution in [0.1, 0.15) is 0 Å². The van der Waals surface area contributed by atoms with Crippen molar-refractivity contribution in [3.63, 3.8) is 0 Å². The molecule has 0 aliphatic rings. The van der Waals surface area contributed by atoms with Crippen molar-refractivity contribution in [2.75, 3.05) is 4.90 Å². The molecule has 3 heterocycles. The summed E-state index contributed by atoms with van der Waals surface area (Å²) in [5.74, 6) is 0.826. The molecule has 0 fully saturated rings. The summed E-state index contributed by atoms with van der Waals surface area (Å²) in [5.41, 5.74) is 15.6. The van der Waals surface area contributed by atoms with Crippen LogP contribution in [0.3, 0.4) is 0 Å². The zero-order chi connectivity index (χ0) is 43.1. The second-order valence-electron chi connectivity index (χ2n) is 16.1. The molecule has 9 aromatic carbocycles. The predicted molar refractivity (Wildman–Crippen MR) is 268 cm³/mol. The number of imidazole rings is 1. The van der Waals surface area contributed by atoms with Crippen LogP contribution in [-0.4, -0.2) is 18.7 Å². The minimum atomic E-state index is 0. The van der Waals surface area contributed by atoms with E-state index >= 15 is 0 Å². The van der Waals surface area contributed by atoms with Crippen molar-refractivity contribution < 1.29 is 21.1 Å². The van der Waals surface area contributed by atoms with Gasteiger partial charge >= 0.3 is 0 Å². The SMILES string of the molecule is [Pt].[c-]1c(N(c2[c-]c3c(cc2)c2ccccc2n3-c2cc(-c3ccccc3)ccn2)c2c(-c3ccccc3)cccc2-c2ccccc2)cccc1-n1[cH+]n(-c2ccccc2)c2ccccc21. The Morgan fingerprint density at radius 2 is 0.985 bits per heavy atom. The third-order valence-electron chi connectivity index (χ3n) is 12.3. The Morgan fingerprint density at radius 1 is 0.424 bits per heavy atom. The fourth-order valence-electron chi connectivity index (χ4n) is 9.27. The smallest absolute Gasteiger partial charge is 0.168 e. The summed E-state index contributed by atoms with van der Waals surface area (Å²) in [6, 6.07) is 89.2. The van der Waals surface area contributed by atoms with E-state index in [1.54, 1.807) is 0 Å². The zero-order valence-electron chi connectivity index (χ0n) is 35.6. The Morgan fingerprint density at radius 3 is 1.67 bits per heavy atom. The van der Waals surface area contributed by atoms with Crippen molar-refractivity contribution >= 4 is 49.9 Å². The van der Waals surface area contributed by atoms with Crippen LogP contribution in [0.4, 0.5) is 17.1 Å². The van der Waals surface area contributed by atoms with E-state index in [-0.39, 0.29) is 21.1 Å². The van der Waals surface area contributed by atoms with Crippen LogP contribution < -0.4 is 4.90 Å². The summed E-state index contributed by atoms with van der Waals surface area (Å²) in [5, 5.41) is 2.23. The fraction of sp³-hybridized carbons (Fsp3) is 0. The van der Waals surface area contributed by atoms with Crippen molar-refractivity contribution in [1.82, 2.24) is 18.7 Å². The van der Waals surface area contributed by atoms with E-state index < -0.39 is 0 Å². The van der Waals surface area contributed by atoms with Gasteiger partial charge in [-0.3, -0.25) is 0 Å². The summed E-state index contributed by atoms with van der Waals surface area (Å²) in [4.78, 5) is 7.37. The maximum atomic E-state index is 5.02. The van der Waals surface area contributed by atoms with Gasteiger partial charge in [0.1, 0.15) is 11.5 Å². The monoisotopic (exact) mass is 1030 g/mol. The fourth-order valence-corrected chi connectivity index (χ4v) is 9.27. The molecule has 6 heteroatoms. The summed E-state index contributed by atoms with van der Waals surface area (Å²) < 4.78 is 6.74. The van der Waals surface area contributed by atoms with Gasteiger partial charge in [-0.25, -0.2) is 9.55 Å². The second-order valence-corrected chi connectivity index (χ2v) is 16.1. The average Bonchev–Trinajstić information content (AvgIpc) is 3.94. The van der Waals surface area contributed by atoms with Crippen molar-refractivity contribution in [3.05, 3.63) is 255 Å². The van der Waals surface area contributed by atoms with Gasteiger partial charge in [-0.1, -0.05) is 181 Å². The van der Waals surface area contributed by atoms with Crippen LogP contribution in [-0.2, 0) is 21.1 Å². The quantitative estimate of drug-likeness (QED) is 0.135. The Labute approximate surface area is 398 Å². The first-order valence-corrected chi connectivity index (χ1v) is 21.9. The van der Waals surface area contributed by atoms with Crippen LogP contribution >= 0.6 is 0 Å². The minimum Gasteiger partial charge on any atom is -0.357 e. The predicted octanol–water partition coefficient (Wildman–Crippen LogP) is 15.3. The van der Waals surface area contributed by atoms with E-state index in [9.17, 15) is 0 Å². The van der Waals surface area contributed by atoms with Crippen LogP contribution in [0, 0.1) is 12.1 Å². The average molecular weight is 1030 g/mol. The van der Waals surface area contributed by atoms with Crippen LogP contribution in [0.2, 0.25) is 0 Å². The van der Waals surface area contributed by atoms with Gasteiger partial charge in [0, 0.05) is 61.7 Å². The molecule has 0 unspecified atom stereocenters. The molecule has 12 aromatic rings. The van der Waals surface area contributed by atoms with E-state index in [4.69, 9.17) is 4.98 Å². The molecule has 0 N–H and O–H groups in total. The van der Waals surface area contributed by atoms with Crippen molar-refractivity contribution in [2.45, 2.75) is 0 Å². The van der Waals surface area contributed by atoms with Crippen LogP contribution in [0.5, 0.6) is 0 Å². The second kappa shape index (κ2) is 17.5. The van der Waals surface area contributed by atoms with E-state index in [0.717, 1.165) is 100 Å². The number of hydrogen-bond donors (Lipinski definition) is 0. The minimum absolute atomic E-state index is 0. The standard InChI is InChI=1S/C60H40N5.Pt/c1-5-19-43(20-6-1)46-37-38-61-59(39-46)65-55-32-14-13-29-53(55)54-36-35-50(41-58(54)65)64(60-51(44-21-7-2-8-22-44)30-18-31-52(60)45-23-9-3-10-24-45)49-28-17-27-48(40-49)63-42-62(47-25-11-4-12-26-47)56-33-15-16-34-57(56)63;/h1-39,42H;/q-1;. The number of para-hydroxylation sites is 5. The molecule has 3 aromatic heterocycles. The Bertz CT molecular complexity index is 3600. The molecule has 0 atom stereocenters. The number of pyridine rings is 1. The third-order valence-corrected chi connectivity index (χ3v) is 12.3. The van der Waals surface area contributed by atoms with Gasteiger partial charge in [-0.15, -0.1) is 29.7 Å². The molecule has 12 rings (SSSR count). The van der Waals surface area contributed by atoms with E-state index in [1.165, 1.54) is 0 Å². The molecule has 0 aliphatic heterocycles. The molecule has 0 spiro atoms. The first kappa shape index (κ1) is 40.6. The Hall–Kier alpha value is -8.11. The number of benzene rings is 9. The molecule has 5 nitrogen and oxygen atoms in total. The maximum absolute atomic E-state index is 5.02. The zero-order valence-corrected chi connectivity index (χ0v) is 37.9. The number of anilines is 3. The van der Waals surface area contributed by atoms with Gasteiger partial charge < -0.3 is 9.47 Å². The number of aromatic nitrogens is 4. The first-order chi connectivity index (χ1) is 32.3. The third kappa shape index (κ3) is 7.20. The van der Waals surface area contributed by atoms with Gasteiger partial charge in [-0.2, -0.15) is 16.7 Å². The first-order valence-electron chi connectivity index (χ1n) is 21.9. The van der Waals surface area contributed by atoms with Crippen LogP contribution in [0.15, 0.2) is 243 Å². The van der Waals surface area contributed by atoms with Gasteiger partial charge in [0.25, 0.3) is 0 Å². The largest absolute Gasteiger partial charge is 0.357 e. The summed E-state index contributed by atoms with van der Waals surface area (Å²) in [7, 11) is 0. The summed E-state index contributed by atoms with van der Waals surface area (Å²) in [6.45, 7) is 0. The number of fused-ring (bicyclic) bond motifs is 4. The van der Waals surface area contributed by atoms with Crippen molar-refractivity contribution in [3.8, 4) is 50.6 Å². The molecule has 0 amide bonds. The molecule has 0 bridgehead atoms. The molecule has 316 valence electrons. The Balaban J connectivity index is 0.00000481. The molecule has 0 radical (unpaired) electrons. The number of rotatable bonds is 9. The van der Waals surface area contributed by atoms with Gasteiger partial charge in [0.05, 0.1) is 5.69 Å². The number of nitrogens with zero attached hydrogens (tertiary/aromatic N) is 5. The topological polar surface area (TPSA) is 30.9 Å². The van der Waals surface area contributed by atoms with Gasteiger partial charge in [-0.05, 0) is 58.0 Å². The number of hydrogen-bond acceptors (Lipinski definition) is 2.